The van der Waals surface area contributed by atoms with Crippen LogP contribution in [0.5, 0.6) is 0 Å². The zero-order valence-corrected chi connectivity index (χ0v) is 12.1. The third kappa shape index (κ3) is 2.02. The zero-order chi connectivity index (χ0) is 11.8. The molecule has 2 aromatic heterocycles. The molecule has 3 rings (SSSR count). The maximum Gasteiger partial charge on any atom is 0.127 e. The molecule has 0 saturated heterocycles. The van der Waals surface area contributed by atoms with Crippen molar-refractivity contribution in [3.63, 3.8) is 0 Å². The average Bonchev–Trinajstić information content (AvgIpc) is 2.75. The quantitative estimate of drug-likeness (QED) is 0.871. The molecule has 0 saturated carbocycles. The van der Waals surface area contributed by atoms with Crippen LogP contribution in [0.15, 0.2) is 15.9 Å². The number of thiophene rings is 1. The molecule has 3 nitrogen and oxygen atoms in total. The minimum atomic E-state index is 1.06. The van der Waals surface area contributed by atoms with Crippen LogP contribution in [0.2, 0.25) is 0 Å². The monoisotopic (exact) mass is 311 g/mol. The Kier molecular flexibility index (Phi) is 2.96. The highest BCUT2D eigenvalue weighted by atomic mass is 79.9. The Morgan fingerprint density at radius 3 is 3.06 bits per heavy atom. The summed E-state index contributed by atoms with van der Waals surface area (Å²) in [5.41, 5.74) is 2.52. The molecule has 1 aliphatic heterocycles. The third-order valence-corrected chi connectivity index (χ3v) is 4.73. The second-order valence-electron chi connectivity index (χ2n) is 4.29. The first-order valence-electron chi connectivity index (χ1n) is 5.81. The molecule has 3 heterocycles. The molecule has 2 aromatic rings. The molecule has 1 aliphatic rings. The van der Waals surface area contributed by atoms with Gasteiger partial charge in [-0.25, -0.2) is 0 Å². The fourth-order valence-corrected chi connectivity index (χ4v) is 3.70. The standard InChI is InChI=1S/C12H14BrN3S/c1-16-12-8(4-2-3-7-14-12)11(15-16)9-5-6-10(13)17-9/h5-6,14H,2-4,7H2,1H3. The van der Waals surface area contributed by atoms with E-state index in [0.29, 0.717) is 0 Å². The van der Waals surface area contributed by atoms with Crippen molar-refractivity contribution in [1.82, 2.24) is 9.78 Å². The van der Waals surface area contributed by atoms with E-state index in [1.165, 1.54) is 29.1 Å². The topological polar surface area (TPSA) is 29.9 Å². The minimum Gasteiger partial charge on any atom is -0.370 e. The van der Waals surface area contributed by atoms with Crippen LogP contribution in [0.25, 0.3) is 10.6 Å². The van der Waals surface area contributed by atoms with E-state index in [2.05, 4.69) is 38.5 Å². The van der Waals surface area contributed by atoms with E-state index >= 15 is 0 Å². The summed E-state index contributed by atoms with van der Waals surface area (Å²) < 4.78 is 3.14. The number of aromatic nitrogens is 2. The second-order valence-corrected chi connectivity index (χ2v) is 6.75. The highest BCUT2D eigenvalue weighted by molar-refractivity contribution is 9.11. The van der Waals surface area contributed by atoms with Gasteiger partial charge in [0.15, 0.2) is 0 Å². The summed E-state index contributed by atoms with van der Waals surface area (Å²) in [4.78, 5) is 1.25. The molecule has 0 atom stereocenters. The first kappa shape index (κ1) is 11.3. The second kappa shape index (κ2) is 4.46. The van der Waals surface area contributed by atoms with Gasteiger partial charge in [-0.05, 0) is 47.3 Å². The normalized spacial score (nSPS) is 15.2. The molecule has 1 N–H and O–H groups in total. The van der Waals surface area contributed by atoms with Crippen molar-refractivity contribution >= 4 is 33.1 Å². The van der Waals surface area contributed by atoms with Gasteiger partial charge < -0.3 is 5.32 Å². The summed E-state index contributed by atoms with van der Waals surface area (Å²) in [5.74, 6) is 1.20. The van der Waals surface area contributed by atoms with Crippen LogP contribution in [0.3, 0.4) is 0 Å². The molecular formula is C12H14BrN3S. The van der Waals surface area contributed by atoms with E-state index in [-0.39, 0.29) is 0 Å². The molecular weight excluding hydrogens is 298 g/mol. The van der Waals surface area contributed by atoms with Gasteiger partial charge in [-0.15, -0.1) is 11.3 Å². The smallest absolute Gasteiger partial charge is 0.127 e. The van der Waals surface area contributed by atoms with E-state index in [1.807, 2.05) is 11.7 Å². The van der Waals surface area contributed by atoms with Gasteiger partial charge in [-0.1, -0.05) is 0 Å². The molecule has 0 unspecified atom stereocenters. The largest absolute Gasteiger partial charge is 0.370 e. The predicted molar refractivity (Wildman–Crippen MR) is 75.6 cm³/mol. The fourth-order valence-electron chi connectivity index (χ4n) is 2.30. The third-order valence-electron chi connectivity index (χ3n) is 3.10. The molecule has 90 valence electrons. The first-order chi connectivity index (χ1) is 8.25. The zero-order valence-electron chi connectivity index (χ0n) is 9.66. The van der Waals surface area contributed by atoms with Crippen LogP contribution in [-0.2, 0) is 13.5 Å². The van der Waals surface area contributed by atoms with Crippen molar-refractivity contribution in [3.05, 3.63) is 21.5 Å². The highest BCUT2D eigenvalue weighted by Gasteiger charge is 2.19. The van der Waals surface area contributed by atoms with Crippen molar-refractivity contribution in [2.24, 2.45) is 7.05 Å². The highest BCUT2D eigenvalue weighted by Crippen LogP contribution is 2.36. The molecule has 0 bridgehead atoms. The van der Waals surface area contributed by atoms with Gasteiger partial charge in [-0.2, -0.15) is 5.10 Å². The number of nitrogens with zero attached hydrogens (tertiary/aromatic N) is 2. The summed E-state index contributed by atoms with van der Waals surface area (Å²) in [6.45, 7) is 1.06. The van der Waals surface area contributed by atoms with Gasteiger partial charge in [0, 0.05) is 19.2 Å². The number of rotatable bonds is 1. The Hall–Kier alpha value is -0.810. The number of fused-ring (bicyclic) bond motifs is 1. The van der Waals surface area contributed by atoms with E-state index in [9.17, 15) is 0 Å². The van der Waals surface area contributed by atoms with E-state index in [4.69, 9.17) is 0 Å². The SMILES string of the molecule is Cn1nc(-c2ccc(Br)s2)c2c1NCCCC2. The van der Waals surface area contributed by atoms with Crippen molar-refractivity contribution in [2.75, 3.05) is 11.9 Å². The summed E-state index contributed by atoms with van der Waals surface area (Å²) in [6.07, 6.45) is 3.61. The predicted octanol–water partition coefficient (Wildman–Crippen LogP) is 3.66. The van der Waals surface area contributed by atoms with Crippen LogP contribution in [0.4, 0.5) is 5.82 Å². The summed E-state index contributed by atoms with van der Waals surface area (Å²) in [6, 6.07) is 4.23. The summed E-state index contributed by atoms with van der Waals surface area (Å²) in [5, 5.41) is 8.14. The number of anilines is 1. The number of aryl methyl sites for hydroxylation is 1. The summed E-state index contributed by atoms with van der Waals surface area (Å²) >= 11 is 5.26. The van der Waals surface area contributed by atoms with Crippen LogP contribution in [-0.4, -0.2) is 16.3 Å². The van der Waals surface area contributed by atoms with E-state index in [1.54, 1.807) is 11.3 Å². The average molecular weight is 312 g/mol. The van der Waals surface area contributed by atoms with Gasteiger partial charge in [0.05, 0.1) is 8.66 Å². The Morgan fingerprint density at radius 2 is 2.29 bits per heavy atom. The lowest BCUT2D eigenvalue weighted by Crippen LogP contribution is -2.04. The van der Waals surface area contributed by atoms with Crippen molar-refractivity contribution in [3.8, 4) is 10.6 Å². The fraction of sp³-hybridized carbons (Fsp3) is 0.417. The van der Waals surface area contributed by atoms with Crippen molar-refractivity contribution in [2.45, 2.75) is 19.3 Å². The van der Waals surface area contributed by atoms with Crippen molar-refractivity contribution in [1.29, 1.82) is 0 Å². The maximum absolute atomic E-state index is 4.66. The number of hydrogen-bond acceptors (Lipinski definition) is 3. The van der Waals surface area contributed by atoms with E-state index < -0.39 is 0 Å². The Bertz CT molecular complexity index is 544. The molecule has 0 aromatic carbocycles. The molecule has 0 fully saturated rings. The molecule has 5 heteroatoms. The molecule has 17 heavy (non-hydrogen) atoms. The molecule has 0 radical (unpaired) electrons. The van der Waals surface area contributed by atoms with Crippen molar-refractivity contribution < 1.29 is 0 Å². The van der Waals surface area contributed by atoms with Crippen LogP contribution in [0, 0.1) is 0 Å². The lowest BCUT2D eigenvalue weighted by molar-refractivity contribution is 0.757. The lowest BCUT2D eigenvalue weighted by Gasteiger charge is -2.03. The number of halogens is 1. The Labute approximate surface area is 113 Å². The van der Waals surface area contributed by atoms with Crippen LogP contribution >= 0.6 is 27.3 Å². The molecule has 0 aliphatic carbocycles. The van der Waals surface area contributed by atoms with Gasteiger partial charge in [0.1, 0.15) is 11.5 Å². The van der Waals surface area contributed by atoms with Crippen LogP contribution in [0.1, 0.15) is 18.4 Å². The van der Waals surface area contributed by atoms with Gasteiger partial charge >= 0.3 is 0 Å². The summed E-state index contributed by atoms with van der Waals surface area (Å²) in [7, 11) is 2.02. The van der Waals surface area contributed by atoms with Gasteiger partial charge in [-0.3, -0.25) is 4.68 Å². The molecule has 0 amide bonds. The lowest BCUT2D eigenvalue weighted by atomic mass is 10.1. The Balaban J connectivity index is 2.11. The number of nitrogens with one attached hydrogen (secondary N) is 1. The van der Waals surface area contributed by atoms with Crippen LogP contribution < -0.4 is 5.32 Å². The van der Waals surface area contributed by atoms with E-state index in [0.717, 1.165) is 22.4 Å². The maximum atomic E-state index is 4.66. The Morgan fingerprint density at radius 1 is 1.41 bits per heavy atom. The number of hydrogen-bond donors (Lipinski definition) is 1. The van der Waals surface area contributed by atoms with Gasteiger partial charge in [0.25, 0.3) is 0 Å². The minimum absolute atomic E-state index is 1.06. The molecule has 0 spiro atoms. The van der Waals surface area contributed by atoms with Gasteiger partial charge in [0.2, 0.25) is 0 Å². The first-order valence-corrected chi connectivity index (χ1v) is 7.42.